The van der Waals surface area contributed by atoms with Gasteiger partial charge in [-0.25, -0.2) is 12.5 Å². The summed E-state index contributed by atoms with van der Waals surface area (Å²) in [5, 5.41) is 111. The van der Waals surface area contributed by atoms with Crippen molar-refractivity contribution in [2.24, 2.45) is 0 Å². The van der Waals surface area contributed by atoms with Crippen LogP contribution in [0.2, 0.25) is 0 Å². The molecule has 0 saturated carbocycles. The Kier molecular flexibility index (Phi) is 20.2. The molecule has 3 heterocycles. The SMILES string of the molecule is CC(=O)N[C@H]1[C@H](O[C@H]2[C@@H](O)[C@@H](COS(=O)(=O)O)O[C@@H](O[C@@H]([C@H](O)[C@H](CO)NC(C)=O)[C@H](O)COS(=O)(=O)O)[C@@H]2O)O[C@H](COS(=O)(=O)O)[C@@H](O[C@@H]2O[C@H](CO)[C@H](O)[C@H](O)[C@H]2O)[C@@H]1O. The van der Waals surface area contributed by atoms with Gasteiger partial charge in [0, 0.05) is 13.8 Å². The van der Waals surface area contributed by atoms with Gasteiger partial charge in [0.25, 0.3) is 0 Å². The molecule has 0 radical (unpaired) electrons. The van der Waals surface area contributed by atoms with E-state index in [1.165, 1.54) is 0 Å². The molecule has 15 N–H and O–H groups in total. The predicted octanol–water partition coefficient (Wildman–Crippen LogP) is -10.3. The number of nitrogens with one attached hydrogen (secondary N) is 2. The number of carbonyl (C=O) groups excluding carboxylic acids is 2. The Hall–Kier alpha value is -2.09. The van der Waals surface area contributed by atoms with E-state index >= 15 is 0 Å². The Bertz CT molecular complexity index is 1830. The van der Waals surface area contributed by atoms with Crippen molar-refractivity contribution in [2.75, 3.05) is 33.0 Å². The third-order valence-corrected chi connectivity index (χ3v) is 10.6. The lowest BCUT2D eigenvalue weighted by Gasteiger charge is -2.49. The van der Waals surface area contributed by atoms with Gasteiger partial charge in [0.05, 0.1) is 39.1 Å². The minimum Gasteiger partial charge on any atom is -0.394 e. The first kappa shape index (κ1) is 55.2. The summed E-state index contributed by atoms with van der Waals surface area (Å²) in [5.41, 5.74) is 0. The van der Waals surface area contributed by atoms with Gasteiger partial charge in [-0.15, -0.1) is 0 Å². The van der Waals surface area contributed by atoms with Crippen molar-refractivity contribution in [3.05, 3.63) is 0 Å². The molecule has 3 aliphatic rings. The first-order chi connectivity index (χ1) is 29.0. The van der Waals surface area contributed by atoms with Gasteiger partial charge in [0.1, 0.15) is 91.5 Å². The van der Waals surface area contributed by atoms with E-state index in [9.17, 15) is 95.0 Å². The highest BCUT2D eigenvalue weighted by atomic mass is 32.3. The fourth-order valence-corrected chi connectivity index (χ4v) is 7.29. The van der Waals surface area contributed by atoms with Crippen LogP contribution in [0.5, 0.6) is 0 Å². The third-order valence-electron chi connectivity index (χ3n) is 9.27. The molecule has 3 fully saturated rings. The second-order valence-electron chi connectivity index (χ2n) is 14.0. The molecular formula is C28H50N2O30S3. The largest absolute Gasteiger partial charge is 0.397 e. The van der Waals surface area contributed by atoms with Crippen molar-refractivity contribution in [3.63, 3.8) is 0 Å². The first-order valence-electron chi connectivity index (χ1n) is 18.0. The maximum atomic E-state index is 12.4. The zero-order valence-corrected chi connectivity index (χ0v) is 34.9. The molecule has 0 bridgehead atoms. The Morgan fingerprint density at radius 1 is 0.619 bits per heavy atom. The molecule has 2 amide bonds. The lowest BCUT2D eigenvalue weighted by molar-refractivity contribution is -0.371. The Morgan fingerprint density at radius 2 is 1.14 bits per heavy atom. The smallest absolute Gasteiger partial charge is 0.394 e. The molecule has 370 valence electrons. The van der Waals surface area contributed by atoms with Gasteiger partial charge < -0.3 is 90.1 Å². The molecule has 3 saturated heterocycles. The highest BCUT2D eigenvalue weighted by Crippen LogP contribution is 2.34. The molecule has 63 heavy (non-hydrogen) atoms. The fourth-order valence-electron chi connectivity index (χ4n) is 6.37. The van der Waals surface area contributed by atoms with Crippen LogP contribution in [0.3, 0.4) is 0 Å². The number of rotatable bonds is 22. The van der Waals surface area contributed by atoms with Gasteiger partial charge in [-0.3, -0.25) is 23.2 Å². The zero-order chi connectivity index (χ0) is 47.9. The molecule has 35 heteroatoms. The van der Waals surface area contributed by atoms with Crippen LogP contribution in [-0.4, -0.2) is 251 Å². The molecule has 3 aliphatic heterocycles. The number of hydrogen-bond donors (Lipinski definition) is 15. The summed E-state index contributed by atoms with van der Waals surface area (Å²) < 4.78 is 142. The van der Waals surface area contributed by atoms with Crippen molar-refractivity contribution in [2.45, 2.75) is 130 Å². The summed E-state index contributed by atoms with van der Waals surface area (Å²) in [7, 11) is -16.0. The van der Waals surface area contributed by atoms with Crippen LogP contribution in [-0.2, 0) is 81.8 Å². The quantitative estimate of drug-likeness (QED) is 0.0448. The summed E-state index contributed by atoms with van der Waals surface area (Å²) in [5.74, 6) is -1.90. The van der Waals surface area contributed by atoms with Gasteiger partial charge in [-0.05, 0) is 0 Å². The molecule has 0 spiro atoms. The van der Waals surface area contributed by atoms with Crippen molar-refractivity contribution < 1.29 is 141 Å². The standard InChI is InChI=1S/C28H50N2O30S3/c1-8(33)29-10(3-31)16(36)23(11(35)5-52-61(43,44)45)58-28-22(42)25(18(38)13(56-28)6-53-62(46,47)48)60-26-15(30-9(2)34)19(39)24(14(57-26)7-54-63(49,50)51)59-27-21(41)20(40)17(37)12(4-32)55-27/h10-28,31-32,35-42H,3-7H2,1-2H3,(H,29,33)(H,30,34)(H,43,44,45)(H,46,47,48)(H,49,50,51)/t10-,11+,12+,13+,14+,15+,16+,17-,18-,19+,20-,21+,22+,23+,24+,25-,26-,27-,28-/m0/s1. The van der Waals surface area contributed by atoms with Crippen LogP contribution in [0.1, 0.15) is 13.8 Å². The van der Waals surface area contributed by atoms with Gasteiger partial charge in [-0.1, -0.05) is 0 Å². The number of ether oxygens (including phenoxy) is 6. The normalized spacial score (nSPS) is 36.5. The van der Waals surface area contributed by atoms with Gasteiger partial charge in [0.2, 0.25) is 11.8 Å². The minimum atomic E-state index is -5.36. The first-order valence-corrected chi connectivity index (χ1v) is 22.1. The molecule has 0 aromatic carbocycles. The van der Waals surface area contributed by atoms with Crippen molar-refractivity contribution >= 4 is 43.0 Å². The van der Waals surface area contributed by atoms with Gasteiger partial charge >= 0.3 is 31.2 Å². The third kappa shape index (κ3) is 16.0. The highest BCUT2D eigenvalue weighted by molar-refractivity contribution is 7.81. The second-order valence-corrected chi connectivity index (χ2v) is 17.2. The van der Waals surface area contributed by atoms with E-state index in [2.05, 4.69) is 23.2 Å². The molecular weight excluding hydrogens is 940 g/mol. The molecule has 0 aliphatic carbocycles. The van der Waals surface area contributed by atoms with Crippen LogP contribution in [0.25, 0.3) is 0 Å². The molecule has 0 aromatic rings. The van der Waals surface area contributed by atoms with Crippen molar-refractivity contribution in [1.29, 1.82) is 0 Å². The zero-order valence-electron chi connectivity index (χ0n) is 32.5. The van der Waals surface area contributed by atoms with Crippen LogP contribution < -0.4 is 10.6 Å². The van der Waals surface area contributed by atoms with E-state index < -0.39 is 192 Å². The fraction of sp³-hybridized carbons (Fsp3) is 0.929. The van der Waals surface area contributed by atoms with E-state index in [4.69, 9.17) is 33.0 Å². The van der Waals surface area contributed by atoms with Gasteiger partial charge in [-0.2, -0.15) is 25.3 Å². The van der Waals surface area contributed by atoms with Gasteiger partial charge in [0.15, 0.2) is 18.9 Å². The van der Waals surface area contributed by atoms with Crippen LogP contribution in [0, 0.1) is 0 Å². The summed E-state index contributed by atoms with van der Waals surface area (Å²) in [6, 6.07) is -3.79. The maximum Gasteiger partial charge on any atom is 0.397 e. The van der Waals surface area contributed by atoms with Crippen molar-refractivity contribution in [3.8, 4) is 0 Å². The Balaban J connectivity index is 2.09. The number of aliphatic hydroxyl groups excluding tert-OH is 10. The summed E-state index contributed by atoms with van der Waals surface area (Å²) in [6.07, 6.45) is -37.7. The van der Waals surface area contributed by atoms with Crippen LogP contribution in [0.4, 0.5) is 0 Å². The second kappa shape index (κ2) is 23.1. The Labute approximate surface area is 356 Å². The van der Waals surface area contributed by atoms with E-state index in [1.807, 2.05) is 0 Å². The monoisotopic (exact) mass is 990 g/mol. The minimum absolute atomic E-state index is 0.874. The molecule has 32 nitrogen and oxygen atoms in total. The van der Waals surface area contributed by atoms with Crippen LogP contribution >= 0.6 is 0 Å². The van der Waals surface area contributed by atoms with E-state index in [0.717, 1.165) is 13.8 Å². The number of hydrogen-bond acceptors (Lipinski definition) is 27. The average molecular weight is 991 g/mol. The summed E-state index contributed by atoms with van der Waals surface area (Å²) in [4.78, 5) is 24.2. The molecule has 19 atom stereocenters. The number of aliphatic hydroxyl groups is 10. The summed E-state index contributed by atoms with van der Waals surface area (Å²) >= 11 is 0. The van der Waals surface area contributed by atoms with E-state index in [1.54, 1.807) is 0 Å². The molecule has 3 rings (SSSR count). The topological polar surface area (TPSA) is 507 Å². The van der Waals surface area contributed by atoms with E-state index in [-0.39, 0.29) is 0 Å². The van der Waals surface area contributed by atoms with Crippen LogP contribution in [0.15, 0.2) is 0 Å². The maximum absolute atomic E-state index is 12.4. The number of carbonyl (C=O) groups is 2. The Morgan fingerprint density at radius 3 is 1.65 bits per heavy atom. The summed E-state index contributed by atoms with van der Waals surface area (Å²) in [6.45, 7) is -4.48. The lowest BCUT2D eigenvalue weighted by atomic mass is 9.94. The van der Waals surface area contributed by atoms with Crippen molar-refractivity contribution in [1.82, 2.24) is 10.6 Å². The van der Waals surface area contributed by atoms with E-state index in [0.29, 0.717) is 0 Å². The predicted molar refractivity (Wildman–Crippen MR) is 191 cm³/mol. The number of amides is 2. The highest BCUT2D eigenvalue weighted by Gasteiger charge is 2.55. The average Bonchev–Trinajstić information content (AvgIpc) is 3.17. The molecule has 0 unspecified atom stereocenters. The molecule has 0 aromatic heterocycles. The lowest BCUT2D eigenvalue weighted by Crippen LogP contribution is -2.69.